The lowest BCUT2D eigenvalue weighted by Gasteiger charge is -2.13. The molecule has 1 aromatic rings. The van der Waals surface area contributed by atoms with Crippen molar-refractivity contribution in [3.63, 3.8) is 0 Å². The molecule has 0 bridgehead atoms. The maximum absolute atomic E-state index is 13.0. The van der Waals surface area contributed by atoms with E-state index in [1.807, 2.05) is 0 Å². The average Bonchev–Trinajstić information content (AvgIpc) is 2.20. The predicted molar refractivity (Wildman–Crippen MR) is 61.6 cm³/mol. The Bertz CT molecular complexity index is 391. The lowest BCUT2D eigenvalue weighted by Crippen LogP contribution is -2.11. The Morgan fingerprint density at radius 2 is 2.19 bits per heavy atom. The monoisotopic (exact) mass is 244 g/mol. The molecule has 0 heterocycles. The Morgan fingerprint density at radius 3 is 2.56 bits per heavy atom. The van der Waals surface area contributed by atoms with Gasteiger partial charge in [-0.15, -0.1) is 0 Å². The normalized spacial score (nSPS) is 14.5. The highest BCUT2D eigenvalue weighted by Gasteiger charge is 2.20. The quantitative estimate of drug-likeness (QED) is 0.871. The lowest BCUT2D eigenvalue weighted by molar-refractivity contribution is -0.138. The molecule has 2 atom stereocenters. The molecule has 0 aliphatic carbocycles. The van der Waals surface area contributed by atoms with Crippen LogP contribution in [0.25, 0.3) is 0 Å². The molecule has 2 nitrogen and oxygen atoms in total. The molecule has 0 amide bonds. The lowest BCUT2D eigenvalue weighted by atomic mass is 9.95. The first-order valence-corrected chi connectivity index (χ1v) is 5.51. The van der Waals surface area contributed by atoms with Crippen LogP contribution < -0.4 is 0 Å². The van der Waals surface area contributed by atoms with Gasteiger partial charge in [-0.2, -0.15) is 0 Å². The number of alkyl halides is 1. The Kier molecular flexibility index (Phi) is 4.30. The molecule has 0 saturated heterocycles. The topological polar surface area (TPSA) is 37.3 Å². The molecular weight excluding hydrogens is 231 g/mol. The fourth-order valence-electron chi connectivity index (χ4n) is 1.60. The third-order valence-corrected chi connectivity index (χ3v) is 2.89. The number of carboxylic acid groups (broad SMARTS) is 1. The SMILES string of the molecule is CCC(C(=O)O)c1ccc(C(C)F)cc1Cl. The summed E-state index contributed by atoms with van der Waals surface area (Å²) < 4.78 is 13.0. The third kappa shape index (κ3) is 2.73. The summed E-state index contributed by atoms with van der Waals surface area (Å²) in [5, 5.41) is 9.31. The van der Waals surface area contributed by atoms with Gasteiger partial charge in [-0.25, -0.2) is 4.39 Å². The van der Waals surface area contributed by atoms with E-state index < -0.39 is 18.1 Å². The maximum atomic E-state index is 13.0. The number of rotatable bonds is 4. The number of carbonyl (C=O) groups is 1. The van der Waals surface area contributed by atoms with Crippen LogP contribution in [-0.2, 0) is 4.79 Å². The van der Waals surface area contributed by atoms with E-state index in [1.54, 1.807) is 19.1 Å². The number of benzene rings is 1. The molecule has 0 spiro atoms. The summed E-state index contributed by atoms with van der Waals surface area (Å²) >= 11 is 5.96. The highest BCUT2D eigenvalue weighted by atomic mass is 35.5. The van der Waals surface area contributed by atoms with Gasteiger partial charge in [0.1, 0.15) is 6.17 Å². The fraction of sp³-hybridized carbons (Fsp3) is 0.417. The van der Waals surface area contributed by atoms with E-state index >= 15 is 0 Å². The van der Waals surface area contributed by atoms with Crippen molar-refractivity contribution < 1.29 is 14.3 Å². The summed E-state index contributed by atoms with van der Waals surface area (Å²) in [6.45, 7) is 3.20. The summed E-state index contributed by atoms with van der Waals surface area (Å²) in [5.74, 6) is -1.54. The number of aliphatic carboxylic acids is 1. The van der Waals surface area contributed by atoms with Gasteiger partial charge in [0, 0.05) is 5.02 Å². The van der Waals surface area contributed by atoms with E-state index in [0.29, 0.717) is 22.6 Å². The van der Waals surface area contributed by atoms with Crippen molar-refractivity contribution in [1.82, 2.24) is 0 Å². The molecule has 0 aromatic heterocycles. The van der Waals surface area contributed by atoms with Crippen molar-refractivity contribution in [3.8, 4) is 0 Å². The van der Waals surface area contributed by atoms with Gasteiger partial charge in [-0.3, -0.25) is 4.79 Å². The smallest absolute Gasteiger partial charge is 0.311 e. The minimum Gasteiger partial charge on any atom is -0.481 e. The number of carboxylic acids is 1. The van der Waals surface area contributed by atoms with Crippen LogP contribution >= 0.6 is 11.6 Å². The second-order valence-corrected chi connectivity index (χ2v) is 4.10. The molecule has 0 fully saturated rings. The van der Waals surface area contributed by atoms with Crippen LogP contribution in [0.5, 0.6) is 0 Å². The van der Waals surface area contributed by atoms with Gasteiger partial charge in [0.2, 0.25) is 0 Å². The highest BCUT2D eigenvalue weighted by Crippen LogP contribution is 2.30. The van der Waals surface area contributed by atoms with Gasteiger partial charge in [-0.1, -0.05) is 30.7 Å². The molecule has 1 aromatic carbocycles. The van der Waals surface area contributed by atoms with Crippen LogP contribution in [0.2, 0.25) is 5.02 Å². The first-order valence-electron chi connectivity index (χ1n) is 5.13. The minimum absolute atomic E-state index is 0.316. The molecule has 1 rings (SSSR count). The number of hydrogen-bond donors (Lipinski definition) is 1. The molecular formula is C12H14ClFO2. The summed E-state index contributed by atoms with van der Waals surface area (Å²) in [7, 11) is 0. The minimum atomic E-state index is -1.10. The second kappa shape index (κ2) is 5.30. The van der Waals surface area contributed by atoms with E-state index in [1.165, 1.54) is 13.0 Å². The molecule has 16 heavy (non-hydrogen) atoms. The zero-order valence-electron chi connectivity index (χ0n) is 9.21. The van der Waals surface area contributed by atoms with Gasteiger partial charge in [0.15, 0.2) is 0 Å². The first-order chi connectivity index (χ1) is 7.47. The Balaban J connectivity index is 3.11. The van der Waals surface area contributed by atoms with Crippen molar-refractivity contribution >= 4 is 17.6 Å². The summed E-state index contributed by atoms with van der Waals surface area (Å²) in [4.78, 5) is 11.0. The van der Waals surface area contributed by atoms with Crippen molar-refractivity contribution in [2.45, 2.75) is 32.4 Å². The predicted octanol–water partition coefficient (Wildman–Crippen LogP) is 3.95. The molecule has 88 valence electrons. The van der Waals surface area contributed by atoms with Crippen molar-refractivity contribution in [2.75, 3.05) is 0 Å². The van der Waals surface area contributed by atoms with E-state index in [9.17, 15) is 9.18 Å². The van der Waals surface area contributed by atoms with Crippen LogP contribution in [-0.4, -0.2) is 11.1 Å². The van der Waals surface area contributed by atoms with E-state index in [0.717, 1.165) is 0 Å². The molecule has 0 radical (unpaired) electrons. The molecule has 0 aliphatic heterocycles. The molecule has 0 saturated carbocycles. The Morgan fingerprint density at radius 1 is 1.56 bits per heavy atom. The first kappa shape index (κ1) is 13.0. The fourth-order valence-corrected chi connectivity index (χ4v) is 1.92. The third-order valence-electron chi connectivity index (χ3n) is 2.57. The molecule has 2 unspecified atom stereocenters. The largest absolute Gasteiger partial charge is 0.481 e. The summed E-state index contributed by atoms with van der Waals surface area (Å²) in [6, 6.07) is 4.67. The van der Waals surface area contributed by atoms with E-state index in [4.69, 9.17) is 16.7 Å². The Hall–Kier alpha value is -1.09. The van der Waals surface area contributed by atoms with Crippen molar-refractivity contribution in [1.29, 1.82) is 0 Å². The van der Waals surface area contributed by atoms with Crippen LogP contribution in [0.1, 0.15) is 43.5 Å². The van der Waals surface area contributed by atoms with Crippen molar-refractivity contribution in [2.24, 2.45) is 0 Å². The van der Waals surface area contributed by atoms with Crippen LogP contribution in [0, 0.1) is 0 Å². The van der Waals surface area contributed by atoms with Crippen LogP contribution in [0.15, 0.2) is 18.2 Å². The number of hydrogen-bond acceptors (Lipinski definition) is 1. The maximum Gasteiger partial charge on any atom is 0.311 e. The summed E-state index contributed by atoms with van der Waals surface area (Å²) in [5.41, 5.74) is 1.01. The second-order valence-electron chi connectivity index (χ2n) is 3.70. The summed E-state index contributed by atoms with van der Waals surface area (Å²) in [6.07, 6.45) is -0.643. The van der Waals surface area contributed by atoms with Gasteiger partial charge in [0.05, 0.1) is 5.92 Å². The van der Waals surface area contributed by atoms with Gasteiger partial charge < -0.3 is 5.11 Å². The van der Waals surface area contributed by atoms with E-state index in [-0.39, 0.29) is 0 Å². The standard InChI is InChI=1S/C12H14ClFO2/c1-3-9(12(15)16)10-5-4-8(7(2)14)6-11(10)13/h4-7,9H,3H2,1-2H3,(H,15,16). The molecule has 1 N–H and O–H groups in total. The van der Waals surface area contributed by atoms with Gasteiger partial charge in [-0.05, 0) is 30.5 Å². The van der Waals surface area contributed by atoms with Crippen LogP contribution in [0.3, 0.4) is 0 Å². The van der Waals surface area contributed by atoms with Gasteiger partial charge in [0.25, 0.3) is 0 Å². The van der Waals surface area contributed by atoms with Crippen molar-refractivity contribution in [3.05, 3.63) is 34.3 Å². The zero-order valence-corrected chi connectivity index (χ0v) is 9.96. The average molecular weight is 245 g/mol. The highest BCUT2D eigenvalue weighted by molar-refractivity contribution is 6.31. The van der Waals surface area contributed by atoms with E-state index in [2.05, 4.69) is 0 Å². The molecule has 0 aliphatic rings. The number of halogens is 2. The zero-order chi connectivity index (χ0) is 12.3. The van der Waals surface area contributed by atoms with Crippen LogP contribution in [0.4, 0.5) is 4.39 Å². The molecule has 4 heteroatoms. The Labute approximate surface area is 99.0 Å². The van der Waals surface area contributed by atoms with Gasteiger partial charge >= 0.3 is 5.97 Å².